The maximum absolute atomic E-state index is 12.2. The molecular formula is C34H39NO3. The zero-order valence-corrected chi connectivity index (χ0v) is 23.2. The van der Waals surface area contributed by atoms with Crippen molar-refractivity contribution in [2.45, 2.75) is 66.2 Å². The number of hydrogen-bond donors (Lipinski definition) is 1. The van der Waals surface area contributed by atoms with E-state index in [0.29, 0.717) is 19.4 Å². The number of rotatable bonds is 11. The van der Waals surface area contributed by atoms with Crippen molar-refractivity contribution in [1.29, 1.82) is 0 Å². The van der Waals surface area contributed by atoms with Crippen LogP contribution in [0.25, 0.3) is 21.9 Å². The molecular weight excluding hydrogens is 470 g/mol. The van der Waals surface area contributed by atoms with Gasteiger partial charge in [0.1, 0.15) is 5.75 Å². The Morgan fingerprint density at radius 2 is 1.74 bits per heavy atom. The zero-order chi connectivity index (χ0) is 27.1. The van der Waals surface area contributed by atoms with Gasteiger partial charge in [-0.3, -0.25) is 4.79 Å². The third-order valence-electron chi connectivity index (χ3n) is 6.83. The monoisotopic (exact) mass is 509 g/mol. The highest BCUT2D eigenvalue weighted by Gasteiger charge is 2.14. The molecule has 4 nitrogen and oxygen atoms in total. The molecule has 0 amide bonds. The fourth-order valence-electron chi connectivity index (χ4n) is 4.79. The Morgan fingerprint density at radius 1 is 0.921 bits per heavy atom. The number of aryl methyl sites for hydroxylation is 2. The van der Waals surface area contributed by atoms with Crippen LogP contribution in [-0.2, 0) is 22.5 Å². The zero-order valence-electron chi connectivity index (χ0n) is 23.2. The van der Waals surface area contributed by atoms with Crippen molar-refractivity contribution in [1.82, 2.24) is 5.32 Å². The van der Waals surface area contributed by atoms with Crippen LogP contribution >= 0.6 is 0 Å². The number of benzene rings is 4. The molecule has 4 rings (SSSR count). The van der Waals surface area contributed by atoms with Crippen molar-refractivity contribution in [3.8, 4) is 16.9 Å². The molecule has 1 N–H and O–H groups in total. The molecule has 38 heavy (non-hydrogen) atoms. The minimum absolute atomic E-state index is 0.0896. The number of hydrogen-bond acceptors (Lipinski definition) is 4. The van der Waals surface area contributed by atoms with E-state index in [2.05, 4.69) is 85.9 Å². The van der Waals surface area contributed by atoms with E-state index in [1.807, 2.05) is 32.9 Å². The molecule has 0 fully saturated rings. The summed E-state index contributed by atoms with van der Waals surface area (Å²) < 4.78 is 11.0. The van der Waals surface area contributed by atoms with Crippen LogP contribution in [0.4, 0.5) is 0 Å². The van der Waals surface area contributed by atoms with E-state index >= 15 is 0 Å². The normalized spacial score (nSPS) is 12.1. The molecule has 0 spiro atoms. The lowest BCUT2D eigenvalue weighted by atomic mass is 9.91. The van der Waals surface area contributed by atoms with Crippen LogP contribution in [0.1, 0.15) is 62.4 Å². The summed E-state index contributed by atoms with van der Waals surface area (Å²) in [4.78, 5) is 12.2. The van der Waals surface area contributed by atoms with Gasteiger partial charge in [0.25, 0.3) is 0 Å². The number of ether oxygens (including phenoxy) is 2. The molecule has 0 aliphatic carbocycles. The first-order chi connectivity index (χ1) is 18.3. The molecule has 4 aromatic carbocycles. The molecule has 0 aliphatic heterocycles. The summed E-state index contributed by atoms with van der Waals surface area (Å²) in [6.07, 6.45) is 0.962. The van der Waals surface area contributed by atoms with Crippen molar-refractivity contribution in [3.05, 3.63) is 101 Å². The maximum atomic E-state index is 12.2. The molecule has 0 saturated carbocycles. The number of esters is 1. The molecule has 1 atom stereocenters. The van der Waals surface area contributed by atoms with Crippen LogP contribution in [0.5, 0.6) is 5.75 Å². The van der Waals surface area contributed by atoms with E-state index in [1.165, 1.54) is 38.6 Å². The van der Waals surface area contributed by atoms with Crippen LogP contribution in [0.2, 0.25) is 0 Å². The van der Waals surface area contributed by atoms with Gasteiger partial charge >= 0.3 is 5.97 Å². The first-order valence-electron chi connectivity index (χ1n) is 13.6. The predicted octanol–water partition coefficient (Wildman–Crippen LogP) is 7.95. The predicted molar refractivity (Wildman–Crippen MR) is 157 cm³/mol. The Labute approximate surface area is 227 Å². The van der Waals surface area contributed by atoms with Crippen LogP contribution in [0.15, 0.2) is 78.9 Å². The standard InChI is InChI=1S/C34H39NO3/c1-6-37-31-12-9-10-26(18-31)22-35-25(5)30-20-28-11-7-8-13-32(28)33(21-30)29-15-14-24(4)27(19-29)16-17-34(36)38-23(2)3/h7-15,18-21,23,25,35H,6,16-17,22H2,1-5H3. The first kappa shape index (κ1) is 27.4. The molecule has 4 heteroatoms. The van der Waals surface area contributed by atoms with E-state index in [0.717, 1.165) is 17.9 Å². The van der Waals surface area contributed by atoms with Gasteiger partial charge in [0.2, 0.25) is 0 Å². The van der Waals surface area contributed by atoms with Crippen LogP contribution in [0, 0.1) is 6.92 Å². The molecule has 0 aliphatic rings. The average Bonchev–Trinajstić information content (AvgIpc) is 2.90. The van der Waals surface area contributed by atoms with Crippen molar-refractivity contribution in [3.63, 3.8) is 0 Å². The third kappa shape index (κ3) is 7.02. The van der Waals surface area contributed by atoms with Gasteiger partial charge in [0.15, 0.2) is 0 Å². The summed E-state index contributed by atoms with van der Waals surface area (Å²) in [5, 5.41) is 6.13. The quantitative estimate of drug-likeness (QED) is 0.208. The Bertz CT molecular complexity index is 1390. The SMILES string of the molecule is CCOc1cccc(CNC(C)c2cc(-c3ccc(C)c(CCC(=O)OC(C)C)c3)c3ccccc3c2)c1. The molecule has 0 heterocycles. The highest BCUT2D eigenvalue weighted by Crippen LogP contribution is 2.33. The summed E-state index contributed by atoms with van der Waals surface area (Å²) >= 11 is 0. The summed E-state index contributed by atoms with van der Waals surface area (Å²) in [5.74, 6) is 0.754. The molecule has 0 saturated heterocycles. The van der Waals surface area contributed by atoms with Gasteiger partial charge in [-0.15, -0.1) is 0 Å². The van der Waals surface area contributed by atoms with Crippen molar-refractivity contribution < 1.29 is 14.3 Å². The van der Waals surface area contributed by atoms with Gasteiger partial charge in [0, 0.05) is 19.0 Å². The molecule has 4 aromatic rings. The van der Waals surface area contributed by atoms with Crippen LogP contribution in [0.3, 0.4) is 0 Å². The van der Waals surface area contributed by atoms with Crippen molar-refractivity contribution in [2.75, 3.05) is 6.61 Å². The van der Waals surface area contributed by atoms with Gasteiger partial charge in [-0.1, -0.05) is 54.6 Å². The lowest BCUT2D eigenvalue weighted by Crippen LogP contribution is -2.18. The van der Waals surface area contributed by atoms with E-state index in [1.54, 1.807) is 0 Å². The molecule has 0 aromatic heterocycles. The van der Waals surface area contributed by atoms with Crippen LogP contribution in [-0.4, -0.2) is 18.7 Å². The van der Waals surface area contributed by atoms with Gasteiger partial charge < -0.3 is 14.8 Å². The summed E-state index contributed by atoms with van der Waals surface area (Å²) in [6, 6.07) is 28.1. The number of nitrogens with one attached hydrogen (secondary N) is 1. The van der Waals surface area contributed by atoms with E-state index in [-0.39, 0.29) is 18.1 Å². The Kier molecular flexibility index (Phi) is 9.19. The smallest absolute Gasteiger partial charge is 0.306 e. The van der Waals surface area contributed by atoms with Gasteiger partial charge in [-0.05, 0) is 109 Å². The highest BCUT2D eigenvalue weighted by atomic mass is 16.5. The topological polar surface area (TPSA) is 47.6 Å². The van der Waals surface area contributed by atoms with Gasteiger partial charge in [-0.2, -0.15) is 0 Å². The van der Waals surface area contributed by atoms with Gasteiger partial charge in [0.05, 0.1) is 12.7 Å². The van der Waals surface area contributed by atoms with Crippen molar-refractivity contribution in [2.24, 2.45) is 0 Å². The van der Waals surface area contributed by atoms with Gasteiger partial charge in [-0.25, -0.2) is 0 Å². The second kappa shape index (κ2) is 12.7. The van der Waals surface area contributed by atoms with E-state index < -0.39 is 0 Å². The third-order valence-corrected chi connectivity index (χ3v) is 6.83. The number of carbonyl (C=O) groups excluding carboxylic acids is 1. The Balaban J connectivity index is 1.60. The summed E-state index contributed by atoms with van der Waals surface area (Å²) in [6.45, 7) is 11.5. The highest BCUT2D eigenvalue weighted by molar-refractivity contribution is 5.97. The van der Waals surface area contributed by atoms with E-state index in [4.69, 9.17) is 9.47 Å². The number of fused-ring (bicyclic) bond motifs is 1. The number of carbonyl (C=O) groups is 1. The molecule has 1 unspecified atom stereocenters. The molecule has 0 radical (unpaired) electrons. The average molecular weight is 510 g/mol. The summed E-state index contributed by atoms with van der Waals surface area (Å²) in [5.41, 5.74) is 7.17. The first-order valence-corrected chi connectivity index (χ1v) is 13.6. The Hall–Kier alpha value is -3.63. The summed E-state index contributed by atoms with van der Waals surface area (Å²) in [7, 11) is 0. The minimum Gasteiger partial charge on any atom is -0.494 e. The lowest BCUT2D eigenvalue weighted by Gasteiger charge is -2.18. The lowest BCUT2D eigenvalue weighted by molar-refractivity contribution is -0.147. The maximum Gasteiger partial charge on any atom is 0.306 e. The fraction of sp³-hybridized carbons (Fsp3) is 0.324. The minimum atomic E-state index is -0.149. The van der Waals surface area contributed by atoms with E-state index in [9.17, 15) is 4.79 Å². The van der Waals surface area contributed by atoms with Crippen LogP contribution < -0.4 is 10.1 Å². The van der Waals surface area contributed by atoms with Crippen molar-refractivity contribution >= 4 is 16.7 Å². The second-order valence-electron chi connectivity index (χ2n) is 10.2. The molecule has 0 bridgehead atoms. The Morgan fingerprint density at radius 3 is 2.53 bits per heavy atom. The second-order valence-corrected chi connectivity index (χ2v) is 10.2. The largest absolute Gasteiger partial charge is 0.494 e. The molecule has 198 valence electrons. The fourth-order valence-corrected chi connectivity index (χ4v) is 4.79.